The smallest absolute Gasteiger partial charge is 0.338 e. The highest BCUT2D eigenvalue weighted by atomic mass is 16.7. The second kappa shape index (κ2) is 10.7. The number of hydrogen-bond donors (Lipinski definition) is 0. The van der Waals surface area contributed by atoms with Crippen LogP contribution >= 0.6 is 0 Å². The lowest BCUT2D eigenvalue weighted by atomic mass is 10.1. The lowest BCUT2D eigenvalue weighted by Gasteiger charge is -2.23. The van der Waals surface area contributed by atoms with E-state index in [1.165, 1.54) is 13.8 Å². The summed E-state index contributed by atoms with van der Waals surface area (Å²) in [6.45, 7) is 2.48. The number of benzene rings is 2. The van der Waals surface area contributed by atoms with E-state index in [9.17, 15) is 14.4 Å². The molecule has 0 N–H and O–H groups in total. The zero-order valence-corrected chi connectivity index (χ0v) is 17.3. The maximum atomic E-state index is 12.3. The van der Waals surface area contributed by atoms with Crippen molar-refractivity contribution in [2.75, 3.05) is 6.61 Å². The fraction of sp³-hybridized carbons (Fsp3) is 0.348. The summed E-state index contributed by atoms with van der Waals surface area (Å²) in [5.41, 5.74) is 1.27. The molecular formula is C23H24O8. The summed E-state index contributed by atoms with van der Waals surface area (Å²) < 4.78 is 27.6. The van der Waals surface area contributed by atoms with E-state index in [1.54, 1.807) is 30.3 Å². The third-order valence-electron chi connectivity index (χ3n) is 4.53. The molecule has 164 valence electrons. The first-order chi connectivity index (χ1) is 14.9. The first-order valence-electron chi connectivity index (χ1n) is 9.81. The molecule has 2 aromatic carbocycles. The molecule has 0 aromatic heterocycles. The molecule has 3 rings (SSSR count). The van der Waals surface area contributed by atoms with Crippen molar-refractivity contribution < 1.29 is 38.1 Å². The van der Waals surface area contributed by atoms with Crippen molar-refractivity contribution in [3.63, 3.8) is 0 Å². The van der Waals surface area contributed by atoms with Crippen LogP contribution in [0, 0.1) is 0 Å². The number of carbonyl (C=O) groups excluding carboxylic acids is 3. The summed E-state index contributed by atoms with van der Waals surface area (Å²) in [5, 5.41) is 0. The van der Waals surface area contributed by atoms with E-state index in [-0.39, 0.29) is 13.2 Å². The van der Waals surface area contributed by atoms with Crippen LogP contribution in [0.1, 0.15) is 29.8 Å². The standard InChI is InChI=1S/C23H24O8/c1-15(24)29-21-20(27-13-17-9-5-3-6-10-17)19(31-23(21)30-16(2)25)14-28-22(26)18-11-7-4-8-12-18/h3-12,19-21,23H,13-14H2,1-2H3/t19-,20+,21-,23?/m1/s1. The zero-order valence-electron chi connectivity index (χ0n) is 17.3. The number of rotatable bonds is 8. The van der Waals surface area contributed by atoms with Crippen molar-refractivity contribution in [2.24, 2.45) is 0 Å². The minimum atomic E-state index is -1.18. The Hall–Kier alpha value is -3.23. The van der Waals surface area contributed by atoms with Gasteiger partial charge in [-0.3, -0.25) is 9.59 Å². The minimum Gasteiger partial charge on any atom is -0.459 e. The molecule has 4 atom stereocenters. The molecule has 8 nitrogen and oxygen atoms in total. The van der Waals surface area contributed by atoms with Crippen molar-refractivity contribution in [1.82, 2.24) is 0 Å². The Morgan fingerprint density at radius 2 is 1.45 bits per heavy atom. The van der Waals surface area contributed by atoms with Crippen LogP contribution in [0.4, 0.5) is 0 Å². The van der Waals surface area contributed by atoms with Crippen LogP contribution in [0.3, 0.4) is 0 Å². The summed E-state index contributed by atoms with van der Waals surface area (Å²) in [6.07, 6.45) is -3.82. The van der Waals surface area contributed by atoms with Crippen LogP contribution in [-0.2, 0) is 39.9 Å². The van der Waals surface area contributed by atoms with Crippen LogP contribution in [-0.4, -0.2) is 49.1 Å². The van der Waals surface area contributed by atoms with Gasteiger partial charge >= 0.3 is 17.9 Å². The van der Waals surface area contributed by atoms with Crippen LogP contribution < -0.4 is 0 Å². The molecule has 2 aromatic rings. The van der Waals surface area contributed by atoms with E-state index in [2.05, 4.69) is 0 Å². The Bertz CT molecular complexity index is 883. The average molecular weight is 428 g/mol. The van der Waals surface area contributed by atoms with Crippen molar-refractivity contribution in [2.45, 2.75) is 45.1 Å². The van der Waals surface area contributed by atoms with Gasteiger partial charge in [0.05, 0.1) is 12.2 Å². The van der Waals surface area contributed by atoms with E-state index < -0.39 is 42.5 Å². The third-order valence-corrected chi connectivity index (χ3v) is 4.53. The molecule has 1 aliphatic heterocycles. The summed E-state index contributed by atoms with van der Waals surface area (Å²) >= 11 is 0. The highest BCUT2D eigenvalue weighted by Gasteiger charge is 2.50. The van der Waals surface area contributed by atoms with Gasteiger partial charge in [-0.15, -0.1) is 0 Å². The molecule has 1 fully saturated rings. The van der Waals surface area contributed by atoms with Gasteiger partial charge in [-0.05, 0) is 17.7 Å². The molecule has 31 heavy (non-hydrogen) atoms. The Kier molecular flexibility index (Phi) is 7.75. The molecule has 0 radical (unpaired) electrons. The fourth-order valence-electron chi connectivity index (χ4n) is 3.18. The Morgan fingerprint density at radius 1 is 0.839 bits per heavy atom. The van der Waals surface area contributed by atoms with Gasteiger partial charge in [-0.2, -0.15) is 0 Å². The van der Waals surface area contributed by atoms with Crippen molar-refractivity contribution >= 4 is 17.9 Å². The SMILES string of the molecule is CC(=O)OC1O[C@H](COC(=O)c2ccccc2)[C@H](OCc2ccccc2)[C@H]1OC(C)=O. The normalized spacial score (nSPS) is 22.5. The molecule has 1 unspecified atom stereocenters. The predicted octanol–water partition coefficient (Wildman–Crippen LogP) is 2.65. The zero-order chi connectivity index (χ0) is 22.2. The molecule has 0 amide bonds. The van der Waals surface area contributed by atoms with Gasteiger partial charge in [0, 0.05) is 13.8 Å². The molecule has 0 bridgehead atoms. The summed E-state index contributed by atoms with van der Waals surface area (Å²) in [5.74, 6) is -1.72. The van der Waals surface area contributed by atoms with E-state index >= 15 is 0 Å². The number of ether oxygens (including phenoxy) is 5. The molecular weight excluding hydrogens is 404 g/mol. The Morgan fingerprint density at radius 3 is 2.06 bits per heavy atom. The topological polar surface area (TPSA) is 97.4 Å². The largest absolute Gasteiger partial charge is 0.459 e. The molecule has 1 aliphatic rings. The van der Waals surface area contributed by atoms with Gasteiger partial charge in [0.15, 0.2) is 6.10 Å². The summed E-state index contributed by atoms with van der Waals surface area (Å²) in [7, 11) is 0. The first kappa shape index (κ1) is 22.5. The second-order valence-corrected chi connectivity index (χ2v) is 6.95. The van der Waals surface area contributed by atoms with E-state index in [1.807, 2.05) is 30.3 Å². The van der Waals surface area contributed by atoms with Crippen LogP contribution in [0.25, 0.3) is 0 Å². The lowest BCUT2D eigenvalue weighted by Crippen LogP contribution is -2.41. The first-order valence-corrected chi connectivity index (χ1v) is 9.81. The molecule has 8 heteroatoms. The number of carbonyl (C=O) groups is 3. The molecule has 1 saturated heterocycles. The van der Waals surface area contributed by atoms with Gasteiger partial charge in [0.1, 0.15) is 18.8 Å². The van der Waals surface area contributed by atoms with E-state index in [0.29, 0.717) is 5.56 Å². The van der Waals surface area contributed by atoms with Gasteiger partial charge in [-0.25, -0.2) is 4.79 Å². The Labute approximate surface area is 180 Å². The quantitative estimate of drug-likeness (QED) is 0.468. The monoisotopic (exact) mass is 428 g/mol. The number of hydrogen-bond acceptors (Lipinski definition) is 8. The molecule has 0 spiro atoms. The lowest BCUT2D eigenvalue weighted by molar-refractivity contribution is -0.196. The highest BCUT2D eigenvalue weighted by molar-refractivity contribution is 5.89. The van der Waals surface area contributed by atoms with E-state index in [0.717, 1.165) is 5.56 Å². The van der Waals surface area contributed by atoms with Gasteiger partial charge in [0.25, 0.3) is 0 Å². The maximum Gasteiger partial charge on any atom is 0.338 e. The minimum absolute atomic E-state index is 0.178. The highest BCUT2D eigenvalue weighted by Crippen LogP contribution is 2.29. The molecule has 0 aliphatic carbocycles. The predicted molar refractivity (Wildman–Crippen MR) is 108 cm³/mol. The Balaban J connectivity index is 1.74. The van der Waals surface area contributed by atoms with Crippen LogP contribution in [0.2, 0.25) is 0 Å². The maximum absolute atomic E-state index is 12.3. The fourth-order valence-corrected chi connectivity index (χ4v) is 3.18. The van der Waals surface area contributed by atoms with Crippen LogP contribution in [0.15, 0.2) is 60.7 Å². The average Bonchev–Trinajstić information content (AvgIpc) is 3.06. The van der Waals surface area contributed by atoms with Crippen LogP contribution in [0.5, 0.6) is 0 Å². The van der Waals surface area contributed by atoms with Gasteiger partial charge in [-0.1, -0.05) is 48.5 Å². The van der Waals surface area contributed by atoms with Gasteiger partial charge in [0.2, 0.25) is 6.29 Å². The van der Waals surface area contributed by atoms with Crippen molar-refractivity contribution in [3.05, 3.63) is 71.8 Å². The third kappa shape index (κ3) is 6.37. The van der Waals surface area contributed by atoms with Crippen molar-refractivity contribution in [3.8, 4) is 0 Å². The second-order valence-electron chi connectivity index (χ2n) is 6.95. The van der Waals surface area contributed by atoms with Crippen molar-refractivity contribution in [1.29, 1.82) is 0 Å². The number of esters is 3. The van der Waals surface area contributed by atoms with E-state index in [4.69, 9.17) is 23.7 Å². The van der Waals surface area contributed by atoms with Gasteiger partial charge < -0.3 is 23.7 Å². The molecule has 1 heterocycles. The molecule has 0 saturated carbocycles. The summed E-state index contributed by atoms with van der Waals surface area (Å²) in [4.78, 5) is 35.5. The summed E-state index contributed by atoms with van der Waals surface area (Å²) in [6, 6.07) is 17.9.